The Kier molecular flexibility index (Phi) is 8.29. The number of hydrogen-bond acceptors (Lipinski definition) is 7. The average molecular weight is 610 g/mol. The highest BCUT2D eigenvalue weighted by Crippen LogP contribution is 2.39. The van der Waals surface area contributed by atoms with Crippen molar-refractivity contribution >= 4 is 5.97 Å². The maximum atomic E-state index is 14.1. The molecule has 0 saturated carbocycles. The molecule has 2 aromatic carbocycles. The number of aromatic nitrogens is 4. The second-order valence-electron chi connectivity index (χ2n) is 10.3. The number of rotatable bonds is 8. The van der Waals surface area contributed by atoms with Gasteiger partial charge in [-0.2, -0.15) is 36.4 Å². The molecule has 5 rings (SSSR count). The first-order chi connectivity index (χ1) is 20.3. The van der Waals surface area contributed by atoms with Crippen molar-refractivity contribution in [1.82, 2.24) is 24.8 Å². The summed E-state index contributed by atoms with van der Waals surface area (Å²) >= 11 is 0. The third kappa shape index (κ3) is 6.88. The van der Waals surface area contributed by atoms with Gasteiger partial charge in [0, 0.05) is 25.1 Å². The molecule has 0 radical (unpaired) electrons. The minimum Gasteiger partial charge on any atom is -0.481 e. The van der Waals surface area contributed by atoms with E-state index >= 15 is 0 Å². The molecule has 1 saturated heterocycles. The second-order valence-corrected chi connectivity index (χ2v) is 10.3. The van der Waals surface area contributed by atoms with Crippen molar-refractivity contribution in [3.05, 3.63) is 71.5 Å². The molecule has 15 heteroatoms. The zero-order valence-corrected chi connectivity index (χ0v) is 22.3. The lowest BCUT2D eigenvalue weighted by molar-refractivity contribution is -0.142. The number of piperidine rings is 1. The van der Waals surface area contributed by atoms with E-state index in [0.717, 1.165) is 43.8 Å². The van der Waals surface area contributed by atoms with Crippen molar-refractivity contribution in [3.8, 4) is 28.5 Å². The van der Waals surface area contributed by atoms with Crippen molar-refractivity contribution in [3.63, 3.8) is 0 Å². The van der Waals surface area contributed by atoms with Crippen molar-refractivity contribution in [2.45, 2.75) is 37.7 Å². The third-order valence-electron chi connectivity index (χ3n) is 7.16. The minimum atomic E-state index is -5.03. The molecule has 0 bridgehead atoms. The van der Waals surface area contributed by atoms with E-state index in [2.05, 4.69) is 15.2 Å². The summed E-state index contributed by atoms with van der Waals surface area (Å²) in [7, 11) is 0. The molecule has 0 spiro atoms. The Morgan fingerprint density at radius 3 is 2.49 bits per heavy atom. The van der Waals surface area contributed by atoms with Crippen LogP contribution in [0.1, 0.15) is 42.2 Å². The highest BCUT2D eigenvalue weighted by molar-refractivity contribution is 5.67. The number of aliphatic carboxylic acids is 1. The number of carboxylic acid groups (broad SMARTS) is 1. The Bertz CT molecular complexity index is 1580. The van der Waals surface area contributed by atoms with Crippen molar-refractivity contribution in [2.75, 3.05) is 19.6 Å². The largest absolute Gasteiger partial charge is 0.481 e. The maximum Gasteiger partial charge on any atom is 0.434 e. The average Bonchev–Trinajstić information content (AvgIpc) is 3.61. The number of aliphatic hydroxyl groups is 1. The van der Waals surface area contributed by atoms with Crippen LogP contribution in [0.5, 0.6) is 0 Å². The van der Waals surface area contributed by atoms with Gasteiger partial charge < -0.3 is 19.6 Å². The van der Waals surface area contributed by atoms with Crippen molar-refractivity contribution < 1.29 is 45.9 Å². The molecule has 0 amide bonds. The lowest BCUT2D eigenvalue weighted by Crippen LogP contribution is -2.38. The Hall–Kier alpha value is -4.24. The fraction of sp³-hybridized carbons (Fsp3) is 0.357. The zero-order valence-electron chi connectivity index (χ0n) is 22.3. The molecule has 2 N–H and O–H groups in total. The fourth-order valence-corrected chi connectivity index (χ4v) is 5.17. The smallest absolute Gasteiger partial charge is 0.434 e. The Morgan fingerprint density at radius 1 is 1.07 bits per heavy atom. The van der Waals surface area contributed by atoms with E-state index < -0.39 is 52.8 Å². The van der Waals surface area contributed by atoms with Crippen LogP contribution in [0.25, 0.3) is 28.5 Å². The van der Waals surface area contributed by atoms with Crippen molar-refractivity contribution in [1.29, 1.82) is 0 Å². The van der Waals surface area contributed by atoms with E-state index in [1.54, 1.807) is 24.3 Å². The zero-order chi connectivity index (χ0) is 30.9. The molecule has 1 fully saturated rings. The van der Waals surface area contributed by atoms with Gasteiger partial charge in [-0.3, -0.25) is 4.79 Å². The molecule has 43 heavy (non-hydrogen) atoms. The van der Waals surface area contributed by atoms with Gasteiger partial charge in [0.05, 0.1) is 29.1 Å². The topological polar surface area (TPSA) is 118 Å². The van der Waals surface area contributed by atoms with Crippen LogP contribution in [0.2, 0.25) is 0 Å². The maximum absolute atomic E-state index is 14.1. The van der Waals surface area contributed by atoms with E-state index in [4.69, 9.17) is 9.63 Å². The third-order valence-corrected chi connectivity index (χ3v) is 7.16. The van der Waals surface area contributed by atoms with Gasteiger partial charge in [0.1, 0.15) is 0 Å². The number of hydrogen-bond donors (Lipinski definition) is 2. The molecule has 2 atom stereocenters. The lowest BCUT2D eigenvalue weighted by Gasteiger charge is -2.33. The predicted molar refractivity (Wildman–Crippen MR) is 139 cm³/mol. The lowest BCUT2D eigenvalue weighted by atomic mass is 9.94. The molecule has 9 nitrogen and oxygen atoms in total. The number of β-amino-alcohol motifs (C(OH)–C–C–N with tert-alkyl or cyclic N) is 1. The van der Waals surface area contributed by atoms with Crippen LogP contribution in [0.3, 0.4) is 0 Å². The molecule has 0 unspecified atom stereocenters. The van der Waals surface area contributed by atoms with Crippen LogP contribution in [-0.4, -0.2) is 60.6 Å². The van der Waals surface area contributed by atoms with Gasteiger partial charge in [0.2, 0.25) is 5.82 Å². The van der Waals surface area contributed by atoms with Crippen molar-refractivity contribution in [2.24, 2.45) is 5.92 Å². The van der Waals surface area contributed by atoms with Gasteiger partial charge in [-0.15, -0.1) is 0 Å². The number of likely N-dealkylation sites (tertiary alicyclic amines) is 1. The number of nitrogens with zero attached hydrogens (tertiary/aromatic N) is 5. The van der Waals surface area contributed by atoms with Crippen LogP contribution >= 0.6 is 0 Å². The minimum absolute atomic E-state index is 0.0169. The first kappa shape index (κ1) is 30.2. The quantitative estimate of drug-likeness (QED) is 0.239. The first-order valence-corrected chi connectivity index (χ1v) is 13.2. The summed E-state index contributed by atoms with van der Waals surface area (Å²) in [5, 5.41) is 27.2. The van der Waals surface area contributed by atoms with E-state index in [1.807, 2.05) is 4.90 Å². The van der Waals surface area contributed by atoms with E-state index in [-0.39, 0.29) is 18.2 Å². The summed E-state index contributed by atoms with van der Waals surface area (Å²) in [6.07, 6.45) is -8.15. The molecular weight excluding hydrogens is 584 g/mol. The SMILES string of the molecule is O=C(O)C[C@H]1CCCN(C[C@H](O)c2ccc(-c3noc(-c4cnn(-c5cccc(C(F)(F)F)c5)c4C(F)(F)F)n3)cc2)C1. The van der Waals surface area contributed by atoms with Crippen LogP contribution < -0.4 is 0 Å². The number of halogens is 6. The number of carboxylic acids is 1. The Labute approximate surface area is 240 Å². The van der Waals surface area contributed by atoms with Gasteiger partial charge >= 0.3 is 18.3 Å². The van der Waals surface area contributed by atoms with Gasteiger partial charge in [0.15, 0.2) is 5.69 Å². The standard InChI is InChI=1S/C28H25F6N5O4/c29-27(30,31)19-4-1-5-20(12-19)39-24(28(32,33)34)21(13-35-39)26-36-25(37-43-26)18-8-6-17(7-9-18)22(40)15-38-10-2-3-16(14-38)11-23(41)42/h1,4-9,12-13,16,22,40H,2-3,10-11,14-15H2,(H,41,42)/t16-,22+/m1/s1. The van der Waals surface area contributed by atoms with E-state index in [9.17, 15) is 36.2 Å². The molecular formula is C28H25F6N5O4. The molecule has 1 aliphatic rings. The summed E-state index contributed by atoms with van der Waals surface area (Å²) in [6.45, 7) is 1.61. The number of alkyl halides is 6. The van der Waals surface area contributed by atoms with Crippen LogP contribution in [-0.2, 0) is 17.1 Å². The fourth-order valence-electron chi connectivity index (χ4n) is 5.17. The summed E-state index contributed by atoms with van der Waals surface area (Å²) in [6, 6.07) is 9.69. The molecule has 0 aliphatic carbocycles. The first-order valence-electron chi connectivity index (χ1n) is 13.2. The monoisotopic (exact) mass is 609 g/mol. The Balaban J connectivity index is 1.34. The molecule has 3 heterocycles. The van der Waals surface area contributed by atoms with Gasteiger partial charge in [0.25, 0.3) is 5.89 Å². The highest BCUT2D eigenvalue weighted by Gasteiger charge is 2.41. The van der Waals surface area contributed by atoms with Gasteiger partial charge in [-0.05, 0) is 49.1 Å². The van der Waals surface area contributed by atoms with Crippen LogP contribution in [0.4, 0.5) is 26.3 Å². The number of carbonyl (C=O) groups is 1. The number of benzene rings is 2. The number of aliphatic hydroxyl groups excluding tert-OH is 1. The highest BCUT2D eigenvalue weighted by atomic mass is 19.4. The second kappa shape index (κ2) is 11.8. The summed E-state index contributed by atoms with van der Waals surface area (Å²) < 4.78 is 87.3. The summed E-state index contributed by atoms with van der Waals surface area (Å²) in [4.78, 5) is 17.1. The van der Waals surface area contributed by atoms with E-state index in [0.29, 0.717) is 35.0 Å². The van der Waals surface area contributed by atoms with Crippen LogP contribution in [0.15, 0.2) is 59.3 Å². The Morgan fingerprint density at radius 2 is 1.81 bits per heavy atom. The molecule has 2 aromatic heterocycles. The summed E-state index contributed by atoms with van der Waals surface area (Å²) in [5.41, 5.74) is -2.65. The van der Waals surface area contributed by atoms with Gasteiger partial charge in [-0.25, -0.2) is 4.68 Å². The van der Waals surface area contributed by atoms with Gasteiger partial charge in [-0.1, -0.05) is 35.5 Å². The summed E-state index contributed by atoms with van der Waals surface area (Å²) in [5.74, 6) is -1.43. The molecule has 4 aromatic rings. The predicted octanol–water partition coefficient (Wildman–Crippen LogP) is 5.85. The van der Waals surface area contributed by atoms with E-state index in [1.165, 1.54) is 0 Å². The molecule has 228 valence electrons. The van der Waals surface area contributed by atoms with Crippen LogP contribution in [0, 0.1) is 5.92 Å². The normalized spacial score (nSPS) is 17.2. The molecule has 1 aliphatic heterocycles.